The maximum absolute atomic E-state index is 7.95. The Labute approximate surface area is 72.5 Å². The van der Waals surface area contributed by atoms with Crippen molar-refractivity contribution in [2.75, 3.05) is 26.3 Å². The third-order valence-corrected chi connectivity index (χ3v) is 1.35. The minimum absolute atomic E-state index is 0.566. The summed E-state index contributed by atoms with van der Waals surface area (Å²) in [7, 11) is 0. The summed E-state index contributed by atoms with van der Waals surface area (Å²) >= 11 is 0. The molecular formula is C7H16N4O. The van der Waals surface area contributed by atoms with Crippen molar-refractivity contribution in [1.82, 2.24) is 0 Å². The molecule has 0 saturated carbocycles. The summed E-state index contributed by atoms with van der Waals surface area (Å²) in [6.07, 6.45) is 2.76. The Kier molecular flexibility index (Phi) is 9.57. The fourth-order valence-electron chi connectivity index (χ4n) is 0.719. The number of hydrogen-bond acceptors (Lipinski definition) is 3. The molecule has 0 atom stereocenters. The molecule has 0 aliphatic heterocycles. The van der Waals surface area contributed by atoms with Crippen LogP contribution < -0.4 is 5.73 Å². The first kappa shape index (κ1) is 11.2. The standard InChI is InChI=1S/C7H16N4O/c8-4-3-7-12-6-2-1-5-10-11-9/h1-8H2. The zero-order valence-electron chi connectivity index (χ0n) is 7.28. The molecule has 2 N–H and O–H groups in total. The molecule has 0 fully saturated rings. The van der Waals surface area contributed by atoms with Gasteiger partial charge >= 0.3 is 0 Å². The van der Waals surface area contributed by atoms with Crippen LogP contribution in [0, 0.1) is 0 Å². The van der Waals surface area contributed by atoms with Gasteiger partial charge in [-0.1, -0.05) is 5.11 Å². The van der Waals surface area contributed by atoms with Crippen molar-refractivity contribution < 1.29 is 4.74 Å². The van der Waals surface area contributed by atoms with E-state index < -0.39 is 0 Å². The molecule has 0 aromatic rings. The van der Waals surface area contributed by atoms with Crippen molar-refractivity contribution in [3.05, 3.63) is 10.4 Å². The van der Waals surface area contributed by atoms with E-state index in [1.54, 1.807) is 0 Å². The van der Waals surface area contributed by atoms with Crippen molar-refractivity contribution >= 4 is 0 Å². The normalized spacial score (nSPS) is 9.42. The molecule has 0 radical (unpaired) electrons. The van der Waals surface area contributed by atoms with Crippen LogP contribution in [0.25, 0.3) is 10.4 Å². The third-order valence-electron chi connectivity index (χ3n) is 1.35. The van der Waals surface area contributed by atoms with Crippen molar-refractivity contribution in [2.45, 2.75) is 19.3 Å². The van der Waals surface area contributed by atoms with E-state index in [2.05, 4.69) is 10.0 Å². The van der Waals surface area contributed by atoms with Gasteiger partial charge in [0.05, 0.1) is 0 Å². The summed E-state index contributed by atoms with van der Waals surface area (Å²) in [5.74, 6) is 0. The predicted molar refractivity (Wildman–Crippen MR) is 47.7 cm³/mol. The molecule has 0 amide bonds. The average molecular weight is 172 g/mol. The smallest absolute Gasteiger partial charge is 0.0478 e. The van der Waals surface area contributed by atoms with Gasteiger partial charge < -0.3 is 10.5 Å². The molecule has 12 heavy (non-hydrogen) atoms. The highest BCUT2D eigenvalue weighted by molar-refractivity contribution is 4.47. The Morgan fingerprint density at radius 3 is 2.67 bits per heavy atom. The highest BCUT2D eigenvalue weighted by atomic mass is 16.5. The van der Waals surface area contributed by atoms with Crippen LogP contribution in [-0.4, -0.2) is 26.3 Å². The van der Waals surface area contributed by atoms with Crippen molar-refractivity contribution in [3.63, 3.8) is 0 Å². The first-order valence-corrected chi connectivity index (χ1v) is 4.20. The molecule has 0 aliphatic rings. The first-order valence-electron chi connectivity index (χ1n) is 4.20. The summed E-state index contributed by atoms with van der Waals surface area (Å²) in [6, 6.07) is 0. The van der Waals surface area contributed by atoms with Gasteiger partial charge in [0, 0.05) is 24.7 Å². The highest BCUT2D eigenvalue weighted by Gasteiger charge is 1.88. The second-order valence-electron chi connectivity index (χ2n) is 2.42. The monoisotopic (exact) mass is 172 g/mol. The van der Waals surface area contributed by atoms with Crippen LogP contribution >= 0.6 is 0 Å². The van der Waals surface area contributed by atoms with Gasteiger partial charge in [-0.3, -0.25) is 0 Å². The number of unbranched alkanes of at least 4 members (excludes halogenated alkanes) is 1. The van der Waals surface area contributed by atoms with Crippen LogP contribution in [0.5, 0.6) is 0 Å². The van der Waals surface area contributed by atoms with Gasteiger partial charge in [-0.25, -0.2) is 0 Å². The molecule has 0 bridgehead atoms. The summed E-state index contributed by atoms with van der Waals surface area (Å²) < 4.78 is 5.24. The molecule has 70 valence electrons. The number of ether oxygens (including phenoxy) is 1. The summed E-state index contributed by atoms with van der Waals surface area (Å²) in [4.78, 5) is 2.65. The maximum atomic E-state index is 7.95. The van der Waals surface area contributed by atoms with Crippen LogP contribution in [0.15, 0.2) is 5.11 Å². The number of rotatable bonds is 8. The zero-order valence-corrected chi connectivity index (χ0v) is 7.28. The Hall–Kier alpha value is -0.770. The molecule has 5 nitrogen and oxygen atoms in total. The minimum Gasteiger partial charge on any atom is -0.381 e. The molecule has 0 aromatic carbocycles. The molecular weight excluding hydrogens is 156 g/mol. The van der Waals surface area contributed by atoms with Crippen molar-refractivity contribution in [3.8, 4) is 0 Å². The van der Waals surface area contributed by atoms with E-state index in [1.165, 1.54) is 0 Å². The molecule has 0 aliphatic carbocycles. The highest BCUT2D eigenvalue weighted by Crippen LogP contribution is 1.91. The molecule has 0 heterocycles. The Balaban J connectivity index is 2.86. The lowest BCUT2D eigenvalue weighted by Gasteiger charge is -2.00. The number of azide groups is 1. The predicted octanol–water partition coefficient (Wildman–Crippen LogP) is 1.44. The van der Waals surface area contributed by atoms with E-state index in [0.717, 1.165) is 32.5 Å². The fraction of sp³-hybridized carbons (Fsp3) is 1.00. The van der Waals surface area contributed by atoms with Gasteiger partial charge in [-0.05, 0) is 31.3 Å². The van der Waals surface area contributed by atoms with Crippen LogP contribution in [0.3, 0.4) is 0 Å². The minimum atomic E-state index is 0.566. The van der Waals surface area contributed by atoms with Gasteiger partial charge in [0.2, 0.25) is 0 Å². The van der Waals surface area contributed by atoms with Gasteiger partial charge in [-0.2, -0.15) is 0 Å². The molecule has 0 spiro atoms. The van der Waals surface area contributed by atoms with E-state index in [-0.39, 0.29) is 0 Å². The molecule has 5 heteroatoms. The third kappa shape index (κ3) is 9.23. The van der Waals surface area contributed by atoms with Gasteiger partial charge in [0.25, 0.3) is 0 Å². The van der Waals surface area contributed by atoms with Gasteiger partial charge in [0.1, 0.15) is 0 Å². The summed E-state index contributed by atoms with van der Waals surface area (Å²) in [5.41, 5.74) is 13.2. The van der Waals surface area contributed by atoms with E-state index in [4.69, 9.17) is 16.0 Å². The second-order valence-corrected chi connectivity index (χ2v) is 2.42. The number of nitrogens with two attached hydrogens (primary N) is 1. The largest absolute Gasteiger partial charge is 0.381 e. The second kappa shape index (κ2) is 10.2. The van der Waals surface area contributed by atoms with E-state index in [9.17, 15) is 0 Å². The van der Waals surface area contributed by atoms with Crippen molar-refractivity contribution in [2.24, 2.45) is 10.8 Å². The van der Waals surface area contributed by atoms with Crippen LogP contribution in [0.4, 0.5) is 0 Å². The molecule has 0 unspecified atom stereocenters. The number of nitrogens with zero attached hydrogens (tertiary/aromatic N) is 3. The Bertz CT molecular complexity index is 133. The number of hydrogen-bond donors (Lipinski definition) is 1. The quantitative estimate of drug-likeness (QED) is 0.260. The zero-order chi connectivity index (χ0) is 9.07. The Morgan fingerprint density at radius 1 is 1.25 bits per heavy atom. The van der Waals surface area contributed by atoms with Gasteiger partial charge in [0.15, 0.2) is 0 Å². The lowest BCUT2D eigenvalue weighted by molar-refractivity contribution is 0.130. The van der Waals surface area contributed by atoms with Crippen LogP contribution in [0.2, 0.25) is 0 Å². The first-order chi connectivity index (χ1) is 5.91. The Morgan fingerprint density at radius 2 is 2.00 bits per heavy atom. The molecule has 0 saturated heterocycles. The van der Waals surface area contributed by atoms with Gasteiger partial charge in [-0.15, -0.1) is 0 Å². The topological polar surface area (TPSA) is 84.0 Å². The summed E-state index contributed by atoms with van der Waals surface area (Å²) in [6.45, 7) is 2.72. The van der Waals surface area contributed by atoms with E-state index >= 15 is 0 Å². The average Bonchev–Trinajstić information content (AvgIpc) is 2.10. The SMILES string of the molecule is [N-]=[N+]=NCCCCOCCCN. The lowest BCUT2D eigenvalue weighted by Crippen LogP contribution is -2.05. The van der Waals surface area contributed by atoms with E-state index in [1.807, 2.05) is 0 Å². The molecule has 0 rings (SSSR count). The fourth-order valence-corrected chi connectivity index (χ4v) is 0.719. The molecule has 0 aromatic heterocycles. The van der Waals surface area contributed by atoms with E-state index in [0.29, 0.717) is 13.1 Å². The van der Waals surface area contributed by atoms with Crippen LogP contribution in [-0.2, 0) is 4.74 Å². The maximum Gasteiger partial charge on any atom is 0.0478 e. The van der Waals surface area contributed by atoms with Crippen molar-refractivity contribution in [1.29, 1.82) is 0 Å². The lowest BCUT2D eigenvalue weighted by atomic mass is 10.3. The summed E-state index contributed by atoms with van der Waals surface area (Å²) in [5, 5.41) is 3.41. The van der Waals surface area contributed by atoms with Crippen LogP contribution in [0.1, 0.15) is 19.3 Å².